The molecule has 1 aromatic heterocycles. The molecule has 5 aromatic rings. The second kappa shape index (κ2) is 15.7. The van der Waals surface area contributed by atoms with E-state index in [1.165, 1.54) is 10.6 Å². The van der Waals surface area contributed by atoms with Gasteiger partial charge in [-0.2, -0.15) is 0 Å². The van der Waals surface area contributed by atoms with Gasteiger partial charge in [0, 0.05) is 17.0 Å². The van der Waals surface area contributed by atoms with Crippen LogP contribution >= 0.6 is 7.26 Å². The lowest BCUT2D eigenvalue weighted by atomic mass is 9.88. The standard InChI is InChI=1S/C41H39NO6P.ClH/c1-7-48-41-38(27-21-22-33(44-2)34(23-27)45-3)31-24-35(46-4)36(47-5)25-32(31)42-40(41)39-28(26-43)15-14-20-37(39)49(6,29-16-10-8-11-17-29)30-18-12-9-13-19-30;/h8-25,39H,7H2,1-6H3;1H/q+1;/p-1. The van der Waals surface area contributed by atoms with Crippen LogP contribution in [0.1, 0.15) is 18.5 Å². The van der Waals surface area contributed by atoms with Crippen LogP contribution in [0.3, 0.4) is 0 Å². The summed E-state index contributed by atoms with van der Waals surface area (Å²) in [5.41, 5.74) is 3.33. The molecule has 7 nitrogen and oxygen atoms in total. The SMILES string of the molecule is CCOc1c(C2C(=C=O)C=CC=C2[P+](C)(c2ccccc2)c2ccccc2)nc2cc(OC)c(OC)cc2c1-c1ccc(OC)c(OC)c1.[Cl-]. The summed E-state index contributed by atoms with van der Waals surface area (Å²) in [4.78, 5) is 18.3. The lowest BCUT2D eigenvalue weighted by Crippen LogP contribution is -3.00. The number of carbonyl (C=O) groups excluding carboxylic acids is 1. The molecule has 1 aliphatic rings. The van der Waals surface area contributed by atoms with Crippen LogP contribution in [0.5, 0.6) is 28.7 Å². The summed E-state index contributed by atoms with van der Waals surface area (Å²) in [6.45, 7) is 4.61. The first kappa shape index (κ1) is 36.2. The Morgan fingerprint density at radius 1 is 0.760 bits per heavy atom. The normalized spacial score (nSPS) is 13.9. The number of methoxy groups -OCH3 is 4. The summed E-state index contributed by atoms with van der Waals surface area (Å²) in [6, 6.07) is 30.5. The molecule has 1 aliphatic carbocycles. The van der Waals surface area contributed by atoms with Gasteiger partial charge < -0.3 is 36.1 Å². The molecule has 0 spiro atoms. The van der Waals surface area contributed by atoms with E-state index in [2.05, 4.69) is 67.2 Å². The van der Waals surface area contributed by atoms with Gasteiger partial charge in [0.05, 0.1) is 69.7 Å². The molecule has 4 aromatic carbocycles. The van der Waals surface area contributed by atoms with Crippen LogP contribution in [-0.2, 0) is 4.79 Å². The van der Waals surface area contributed by atoms with Gasteiger partial charge in [0.2, 0.25) is 0 Å². The number of ether oxygens (including phenoxy) is 5. The van der Waals surface area contributed by atoms with Crippen LogP contribution in [-0.4, -0.2) is 52.6 Å². The third-order valence-corrected chi connectivity index (χ3v) is 13.1. The molecule has 0 fully saturated rings. The molecule has 0 saturated heterocycles. The lowest BCUT2D eigenvalue weighted by Gasteiger charge is -2.32. The summed E-state index contributed by atoms with van der Waals surface area (Å²) in [7, 11) is 4.10. The topological polar surface area (TPSA) is 76.1 Å². The van der Waals surface area contributed by atoms with Crippen LogP contribution in [0.4, 0.5) is 0 Å². The number of fused-ring (bicyclic) bond motifs is 1. The van der Waals surface area contributed by atoms with Gasteiger partial charge in [0.1, 0.15) is 29.6 Å². The summed E-state index contributed by atoms with van der Waals surface area (Å²) < 4.78 is 29.4. The molecule has 0 saturated carbocycles. The van der Waals surface area contributed by atoms with Gasteiger partial charge in [-0.1, -0.05) is 48.5 Å². The van der Waals surface area contributed by atoms with Crippen molar-refractivity contribution in [3.05, 3.63) is 126 Å². The molecule has 50 heavy (non-hydrogen) atoms. The predicted octanol–water partition coefficient (Wildman–Crippen LogP) is 4.93. The van der Waals surface area contributed by atoms with Crippen molar-refractivity contribution in [1.29, 1.82) is 0 Å². The highest BCUT2D eigenvalue weighted by molar-refractivity contribution is 7.92. The first-order valence-corrected chi connectivity index (χ1v) is 18.2. The fourth-order valence-electron chi connectivity index (χ4n) is 6.65. The largest absolute Gasteiger partial charge is 1.00 e. The predicted molar refractivity (Wildman–Crippen MR) is 199 cm³/mol. The third-order valence-electron chi connectivity index (χ3n) is 9.04. The Labute approximate surface area is 300 Å². The van der Waals surface area contributed by atoms with Crippen molar-refractivity contribution in [2.45, 2.75) is 12.8 Å². The van der Waals surface area contributed by atoms with Gasteiger partial charge in [-0.15, -0.1) is 0 Å². The minimum atomic E-state index is -2.33. The quantitative estimate of drug-likeness (QED) is 0.142. The molecule has 0 aliphatic heterocycles. The highest BCUT2D eigenvalue weighted by Gasteiger charge is 2.49. The first-order chi connectivity index (χ1) is 23.9. The van der Waals surface area contributed by atoms with Gasteiger partial charge in [-0.25, -0.2) is 9.78 Å². The van der Waals surface area contributed by atoms with E-state index < -0.39 is 13.2 Å². The highest BCUT2D eigenvalue weighted by atomic mass is 35.5. The zero-order valence-electron chi connectivity index (χ0n) is 28.9. The maximum Gasteiger partial charge on any atom is 0.162 e. The number of hydrogen-bond acceptors (Lipinski definition) is 7. The zero-order chi connectivity index (χ0) is 34.5. The second-order valence-electron chi connectivity index (χ2n) is 11.5. The van der Waals surface area contributed by atoms with Crippen LogP contribution in [0, 0.1) is 0 Å². The molecule has 1 unspecified atom stereocenters. The number of hydrogen-bond donors (Lipinski definition) is 0. The Hall–Kier alpha value is -5.06. The van der Waals surface area contributed by atoms with Crippen LogP contribution in [0.2, 0.25) is 0 Å². The van der Waals surface area contributed by atoms with Gasteiger partial charge >= 0.3 is 0 Å². The van der Waals surface area contributed by atoms with Gasteiger partial charge in [0.25, 0.3) is 0 Å². The van der Waals surface area contributed by atoms with E-state index in [0.717, 1.165) is 21.8 Å². The number of nitrogens with zero attached hydrogens (tertiary/aromatic N) is 1. The van der Waals surface area contributed by atoms with Crippen LogP contribution < -0.4 is 46.7 Å². The van der Waals surface area contributed by atoms with E-state index in [4.69, 9.17) is 28.7 Å². The van der Waals surface area contributed by atoms with E-state index in [1.807, 2.05) is 61.5 Å². The fraction of sp³-hybridized carbons (Fsp3) is 0.195. The van der Waals surface area contributed by atoms with E-state index in [0.29, 0.717) is 52.1 Å². The van der Waals surface area contributed by atoms with Crippen molar-refractivity contribution in [1.82, 2.24) is 4.98 Å². The number of halogens is 1. The number of benzene rings is 4. The van der Waals surface area contributed by atoms with Crippen molar-refractivity contribution in [2.75, 3.05) is 41.7 Å². The monoisotopic (exact) mass is 707 g/mol. The average Bonchev–Trinajstić information content (AvgIpc) is 3.16. The number of aromatic nitrogens is 1. The van der Waals surface area contributed by atoms with Crippen molar-refractivity contribution < 1.29 is 40.9 Å². The van der Waals surface area contributed by atoms with Crippen LogP contribution in [0.15, 0.2) is 120 Å². The average molecular weight is 708 g/mol. The molecular weight excluding hydrogens is 669 g/mol. The Bertz CT molecular complexity index is 2070. The van der Waals surface area contributed by atoms with Crippen molar-refractivity contribution in [2.24, 2.45) is 0 Å². The molecule has 1 heterocycles. The summed E-state index contributed by atoms with van der Waals surface area (Å²) in [5.74, 6) is 4.52. The number of allylic oxidation sites excluding steroid dienone is 5. The maximum absolute atomic E-state index is 13.0. The van der Waals surface area contributed by atoms with Crippen molar-refractivity contribution in [3.8, 4) is 39.9 Å². The molecule has 6 rings (SSSR count). The fourth-order valence-corrected chi connectivity index (χ4v) is 10.2. The Balaban J connectivity index is 0.00000486. The molecule has 9 heteroatoms. The number of pyridine rings is 1. The third kappa shape index (κ3) is 6.36. The molecule has 0 amide bonds. The summed E-state index contributed by atoms with van der Waals surface area (Å²) >= 11 is 0. The Kier molecular flexibility index (Phi) is 11.3. The maximum atomic E-state index is 13.0. The minimum Gasteiger partial charge on any atom is -1.00 e. The Morgan fingerprint density at radius 2 is 1.34 bits per heavy atom. The van der Waals surface area contributed by atoms with E-state index >= 15 is 0 Å². The van der Waals surface area contributed by atoms with E-state index in [1.54, 1.807) is 28.4 Å². The molecule has 0 radical (unpaired) electrons. The van der Waals surface area contributed by atoms with E-state index in [9.17, 15) is 4.79 Å². The molecule has 1 atom stereocenters. The molecule has 256 valence electrons. The van der Waals surface area contributed by atoms with Gasteiger partial charge in [0.15, 0.2) is 23.0 Å². The lowest BCUT2D eigenvalue weighted by molar-refractivity contribution is -0.0000122. The zero-order valence-corrected chi connectivity index (χ0v) is 30.5. The molecular formula is C41H39ClNO6P. The Morgan fingerprint density at radius 3 is 1.90 bits per heavy atom. The highest BCUT2D eigenvalue weighted by Crippen LogP contribution is 2.67. The second-order valence-corrected chi connectivity index (χ2v) is 15.1. The summed E-state index contributed by atoms with van der Waals surface area (Å²) in [5, 5.41) is 4.22. The number of rotatable bonds is 11. The molecule has 0 bridgehead atoms. The summed E-state index contributed by atoms with van der Waals surface area (Å²) in [6.07, 6.45) is 5.92. The molecule has 0 N–H and O–H groups in total. The smallest absolute Gasteiger partial charge is 0.162 e. The van der Waals surface area contributed by atoms with Crippen LogP contribution in [0.25, 0.3) is 22.0 Å². The van der Waals surface area contributed by atoms with E-state index in [-0.39, 0.29) is 12.4 Å². The van der Waals surface area contributed by atoms with Crippen molar-refractivity contribution in [3.63, 3.8) is 0 Å². The van der Waals surface area contributed by atoms with Gasteiger partial charge in [-0.3, -0.25) is 0 Å². The minimum absolute atomic E-state index is 0. The van der Waals surface area contributed by atoms with Crippen molar-refractivity contribution >= 4 is 34.7 Å². The van der Waals surface area contributed by atoms with Gasteiger partial charge in [-0.05, 0) is 67.1 Å². The first-order valence-electron chi connectivity index (χ1n) is 16.0.